The van der Waals surface area contributed by atoms with Gasteiger partial charge in [-0.05, 0) is 50.1 Å². The normalized spacial score (nSPS) is 15.9. The minimum absolute atomic E-state index is 0.0499. The molecule has 1 heterocycles. The topological polar surface area (TPSA) is 52.7 Å². The van der Waals surface area contributed by atoms with Gasteiger partial charge in [-0.15, -0.1) is 0 Å². The third-order valence-corrected chi connectivity index (χ3v) is 6.39. The molecule has 0 atom stereocenters. The minimum Gasteiger partial charge on any atom is -0.308 e. The molecule has 0 saturated carbocycles. The molecule has 0 amide bonds. The Hall–Kier alpha value is -2.26. The van der Waals surface area contributed by atoms with Crippen molar-refractivity contribution in [2.45, 2.75) is 37.3 Å². The van der Waals surface area contributed by atoms with Crippen LogP contribution in [0.5, 0.6) is 0 Å². The third-order valence-electron chi connectivity index (χ3n) is 4.99. The number of aryl methyl sites for hydroxylation is 1. The average molecular weight is 427 g/mol. The molecular weight excluding hydrogens is 403 g/mol. The van der Waals surface area contributed by atoms with Gasteiger partial charge in [-0.3, -0.25) is 4.72 Å². The first kappa shape index (κ1) is 21.4. The standard InChI is InChI=1S/C20H24F3N3O2S/c1-15-6-9-17(10-7-15)29(27,28)24-16-8-11-18(20(21,22)23)19(14-16)25(2)26-12-4-3-5-13-26/h6-11,14,24H,3-5,12-13H2,1-2H3. The molecule has 1 aliphatic rings. The van der Waals surface area contributed by atoms with Crippen LogP contribution in [0.25, 0.3) is 0 Å². The number of sulfonamides is 1. The van der Waals surface area contributed by atoms with Crippen LogP contribution in [-0.4, -0.2) is 33.6 Å². The van der Waals surface area contributed by atoms with E-state index in [1.54, 1.807) is 19.2 Å². The van der Waals surface area contributed by atoms with Gasteiger partial charge < -0.3 is 5.01 Å². The number of alkyl halides is 3. The maximum atomic E-state index is 13.6. The molecule has 0 spiro atoms. The fraction of sp³-hybridized carbons (Fsp3) is 0.400. The summed E-state index contributed by atoms with van der Waals surface area (Å²) in [6, 6.07) is 9.55. The van der Waals surface area contributed by atoms with Crippen LogP contribution in [0.15, 0.2) is 47.4 Å². The summed E-state index contributed by atoms with van der Waals surface area (Å²) in [5, 5.41) is 3.33. The van der Waals surface area contributed by atoms with Gasteiger partial charge in [-0.2, -0.15) is 13.2 Å². The van der Waals surface area contributed by atoms with Gasteiger partial charge in [0.25, 0.3) is 10.0 Å². The van der Waals surface area contributed by atoms with Gasteiger partial charge in [0.15, 0.2) is 0 Å². The van der Waals surface area contributed by atoms with Crippen LogP contribution in [0.1, 0.15) is 30.4 Å². The predicted octanol–water partition coefficient (Wildman–Crippen LogP) is 4.65. The monoisotopic (exact) mass is 427 g/mol. The minimum atomic E-state index is -4.55. The van der Waals surface area contributed by atoms with Crippen molar-refractivity contribution in [1.82, 2.24) is 5.01 Å². The number of rotatable bonds is 5. The van der Waals surface area contributed by atoms with Crippen molar-refractivity contribution in [2.75, 3.05) is 29.9 Å². The number of nitrogens with zero attached hydrogens (tertiary/aromatic N) is 2. The van der Waals surface area contributed by atoms with Gasteiger partial charge in [0.1, 0.15) is 0 Å². The lowest BCUT2D eigenvalue weighted by Gasteiger charge is -2.37. The summed E-state index contributed by atoms with van der Waals surface area (Å²) in [4.78, 5) is 0.0499. The zero-order valence-electron chi connectivity index (χ0n) is 16.3. The summed E-state index contributed by atoms with van der Waals surface area (Å²) >= 11 is 0. The quantitative estimate of drug-likeness (QED) is 0.755. The van der Waals surface area contributed by atoms with E-state index in [4.69, 9.17) is 0 Å². The molecule has 2 aromatic carbocycles. The summed E-state index contributed by atoms with van der Waals surface area (Å²) < 4.78 is 68.3. The first-order valence-electron chi connectivity index (χ1n) is 9.37. The zero-order chi connectivity index (χ0) is 21.2. The molecule has 5 nitrogen and oxygen atoms in total. The van der Waals surface area contributed by atoms with Crippen molar-refractivity contribution >= 4 is 21.4 Å². The number of hydrazine groups is 1. The van der Waals surface area contributed by atoms with Gasteiger partial charge in [0.05, 0.1) is 21.8 Å². The molecule has 9 heteroatoms. The van der Waals surface area contributed by atoms with Crippen molar-refractivity contribution in [3.05, 3.63) is 53.6 Å². The molecule has 2 aromatic rings. The number of hydrogen-bond donors (Lipinski definition) is 1. The van der Waals surface area contributed by atoms with Crippen LogP contribution in [-0.2, 0) is 16.2 Å². The Labute approximate surface area is 169 Å². The van der Waals surface area contributed by atoms with Crippen molar-refractivity contribution in [3.63, 3.8) is 0 Å². The Kier molecular flexibility index (Phi) is 6.09. The van der Waals surface area contributed by atoms with E-state index < -0.39 is 21.8 Å². The molecule has 3 rings (SSSR count). The molecule has 1 saturated heterocycles. The fourth-order valence-electron chi connectivity index (χ4n) is 3.36. The molecule has 0 aliphatic carbocycles. The lowest BCUT2D eigenvalue weighted by Crippen LogP contribution is -2.44. The SMILES string of the molecule is Cc1ccc(S(=O)(=O)Nc2ccc(C(F)(F)F)c(N(C)N3CCCCC3)c2)cc1. The highest BCUT2D eigenvalue weighted by Crippen LogP contribution is 2.39. The number of piperidine rings is 1. The first-order chi connectivity index (χ1) is 13.6. The van der Waals surface area contributed by atoms with E-state index in [1.807, 2.05) is 11.9 Å². The highest BCUT2D eigenvalue weighted by Gasteiger charge is 2.35. The summed E-state index contributed by atoms with van der Waals surface area (Å²) in [5.41, 5.74) is 0.105. The largest absolute Gasteiger partial charge is 0.418 e. The van der Waals surface area contributed by atoms with Crippen LogP contribution < -0.4 is 9.73 Å². The summed E-state index contributed by atoms with van der Waals surface area (Å²) in [7, 11) is -2.33. The molecule has 1 N–H and O–H groups in total. The summed E-state index contributed by atoms with van der Waals surface area (Å²) in [5.74, 6) is 0. The lowest BCUT2D eigenvalue weighted by molar-refractivity contribution is -0.137. The molecular formula is C20H24F3N3O2S. The second-order valence-electron chi connectivity index (χ2n) is 7.19. The molecule has 0 aromatic heterocycles. The smallest absolute Gasteiger partial charge is 0.308 e. The third kappa shape index (κ3) is 5.02. The molecule has 1 aliphatic heterocycles. The number of halogens is 3. The van der Waals surface area contributed by atoms with Crippen molar-refractivity contribution in [1.29, 1.82) is 0 Å². The summed E-state index contributed by atoms with van der Waals surface area (Å²) in [6.07, 6.45) is -1.68. The Morgan fingerprint density at radius 2 is 1.62 bits per heavy atom. The van der Waals surface area contributed by atoms with Gasteiger partial charge >= 0.3 is 6.18 Å². The molecule has 29 heavy (non-hydrogen) atoms. The average Bonchev–Trinajstić information content (AvgIpc) is 2.67. The Bertz CT molecular complexity index is 954. The van der Waals surface area contributed by atoms with Crippen LogP contribution in [0.4, 0.5) is 24.5 Å². The second-order valence-corrected chi connectivity index (χ2v) is 8.87. The maximum Gasteiger partial charge on any atom is 0.418 e. The van der Waals surface area contributed by atoms with Crippen molar-refractivity contribution < 1.29 is 21.6 Å². The Balaban J connectivity index is 1.95. The number of nitrogens with one attached hydrogen (secondary N) is 1. The van der Waals surface area contributed by atoms with Crippen LogP contribution >= 0.6 is 0 Å². The second kappa shape index (κ2) is 8.23. The van der Waals surface area contributed by atoms with E-state index in [9.17, 15) is 21.6 Å². The Morgan fingerprint density at radius 3 is 2.21 bits per heavy atom. The molecule has 0 bridgehead atoms. The number of anilines is 2. The van der Waals surface area contributed by atoms with E-state index in [1.165, 1.54) is 23.2 Å². The molecule has 0 unspecified atom stereocenters. The van der Waals surface area contributed by atoms with E-state index in [2.05, 4.69) is 4.72 Å². The van der Waals surface area contributed by atoms with E-state index in [0.29, 0.717) is 13.1 Å². The molecule has 0 radical (unpaired) electrons. The predicted molar refractivity (Wildman–Crippen MR) is 107 cm³/mol. The maximum absolute atomic E-state index is 13.6. The summed E-state index contributed by atoms with van der Waals surface area (Å²) in [6.45, 7) is 3.16. The van der Waals surface area contributed by atoms with E-state index in [0.717, 1.165) is 37.0 Å². The van der Waals surface area contributed by atoms with Gasteiger partial charge in [-0.25, -0.2) is 13.4 Å². The Morgan fingerprint density at radius 1 is 1.00 bits per heavy atom. The van der Waals surface area contributed by atoms with Crippen LogP contribution in [0, 0.1) is 6.92 Å². The van der Waals surface area contributed by atoms with Gasteiger partial charge in [0.2, 0.25) is 0 Å². The van der Waals surface area contributed by atoms with Crippen molar-refractivity contribution in [2.24, 2.45) is 0 Å². The van der Waals surface area contributed by atoms with Gasteiger partial charge in [0, 0.05) is 20.1 Å². The van der Waals surface area contributed by atoms with Crippen LogP contribution in [0.3, 0.4) is 0 Å². The molecule has 1 fully saturated rings. The van der Waals surface area contributed by atoms with Crippen molar-refractivity contribution in [3.8, 4) is 0 Å². The van der Waals surface area contributed by atoms with E-state index in [-0.39, 0.29) is 16.3 Å². The van der Waals surface area contributed by atoms with Gasteiger partial charge in [-0.1, -0.05) is 24.1 Å². The van der Waals surface area contributed by atoms with E-state index >= 15 is 0 Å². The number of hydrogen-bond acceptors (Lipinski definition) is 4. The molecule has 158 valence electrons. The fourth-order valence-corrected chi connectivity index (χ4v) is 4.41. The lowest BCUT2D eigenvalue weighted by atomic mass is 10.1. The number of benzene rings is 2. The highest BCUT2D eigenvalue weighted by atomic mass is 32.2. The first-order valence-corrected chi connectivity index (χ1v) is 10.9. The van der Waals surface area contributed by atoms with Crippen LogP contribution in [0.2, 0.25) is 0 Å². The highest BCUT2D eigenvalue weighted by molar-refractivity contribution is 7.92. The zero-order valence-corrected chi connectivity index (χ0v) is 17.1.